The smallest absolute Gasteiger partial charge is 0.211 e. The molecule has 0 saturated heterocycles. The molecule has 0 aliphatic carbocycles. The van der Waals surface area contributed by atoms with E-state index in [0.29, 0.717) is 29.3 Å². The van der Waals surface area contributed by atoms with E-state index in [4.69, 9.17) is 4.42 Å². The van der Waals surface area contributed by atoms with E-state index in [1.165, 1.54) is 28.8 Å². The third kappa shape index (κ3) is 3.65. The number of fused-ring (bicyclic) bond motifs is 1. The van der Waals surface area contributed by atoms with Crippen LogP contribution in [0.15, 0.2) is 25.1 Å². The summed E-state index contributed by atoms with van der Waals surface area (Å²) in [5.41, 5.74) is 0.413. The molecule has 0 aliphatic rings. The van der Waals surface area contributed by atoms with Crippen molar-refractivity contribution in [1.82, 2.24) is 4.31 Å². The normalized spacial score (nSPS) is 12.2. The Morgan fingerprint density at radius 1 is 1.33 bits per heavy atom. The van der Waals surface area contributed by atoms with Crippen LogP contribution in [0.1, 0.15) is 0 Å². The fourth-order valence-corrected chi connectivity index (χ4v) is 3.52. The molecule has 0 amide bonds. The van der Waals surface area contributed by atoms with Gasteiger partial charge in [0.25, 0.3) is 0 Å². The Kier molecular flexibility index (Phi) is 4.76. The number of nitrogens with zero attached hydrogens (tertiary/aromatic N) is 2. The van der Waals surface area contributed by atoms with Crippen molar-refractivity contribution in [2.24, 2.45) is 0 Å². The standard InChI is InChI=1S/C12H15BrN2O4S2/c1-14(4-5-15(2)21(3,17)18)10-6-9(16)12-11(19-10)8(13)7-20-12/h6-7H,4-5H2,1-3H3. The van der Waals surface area contributed by atoms with Crippen LogP contribution < -0.4 is 10.3 Å². The first-order valence-electron chi connectivity index (χ1n) is 6.03. The number of hydrogen-bond donors (Lipinski definition) is 0. The van der Waals surface area contributed by atoms with Crippen molar-refractivity contribution in [1.29, 1.82) is 0 Å². The van der Waals surface area contributed by atoms with Crippen LogP contribution in [0.5, 0.6) is 0 Å². The summed E-state index contributed by atoms with van der Waals surface area (Å²) in [5, 5.41) is 1.80. The molecule has 116 valence electrons. The number of sulfonamides is 1. The first-order valence-corrected chi connectivity index (χ1v) is 9.55. The molecule has 0 N–H and O–H groups in total. The van der Waals surface area contributed by atoms with E-state index >= 15 is 0 Å². The minimum Gasteiger partial charge on any atom is -0.438 e. The van der Waals surface area contributed by atoms with Crippen molar-refractivity contribution in [3.63, 3.8) is 0 Å². The quantitative estimate of drug-likeness (QED) is 0.774. The van der Waals surface area contributed by atoms with E-state index in [-0.39, 0.29) is 5.43 Å². The molecule has 0 bridgehead atoms. The van der Waals surface area contributed by atoms with Gasteiger partial charge in [-0.15, -0.1) is 11.3 Å². The van der Waals surface area contributed by atoms with Crippen molar-refractivity contribution in [2.75, 3.05) is 38.3 Å². The largest absolute Gasteiger partial charge is 0.438 e. The van der Waals surface area contributed by atoms with Gasteiger partial charge < -0.3 is 9.32 Å². The molecule has 2 aromatic heterocycles. The number of thiophene rings is 1. The summed E-state index contributed by atoms with van der Waals surface area (Å²) in [7, 11) is 0.0496. The molecule has 2 heterocycles. The van der Waals surface area contributed by atoms with Gasteiger partial charge in [-0.05, 0) is 15.9 Å². The predicted octanol–water partition coefficient (Wildman–Crippen LogP) is 1.94. The van der Waals surface area contributed by atoms with Gasteiger partial charge in [-0.25, -0.2) is 12.7 Å². The highest BCUT2D eigenvalue weighted by Crippen LogP contribution is 2.30. The lowest BCUT2D eigenvalue weighted by Gasteiger charge is -2.21. The summed E-state index contributed by atoms with van der Waals surface area (Å²) in [5.74, 6) is 0.411. The van der Waals surface area contributed by atoms with Crippen LogP contribution in [0, 0.1) is 0 Å². The fourth-order valence-electron chi connectivity index (χ4n) is 1.66. The van der Waals surface area contributed by atoms with Crippen LogP contribution in [-0.2, 0) is 10.0 Å². The monoisotopic (exact) mass is 394 g/mol. The van der Waals surface area contributed by atoms with Crippen molar-refractivity contribution in [3.8, 4) is 0 Å². The second kappa shape index (κ2) is 6.07. The zero-order valence-corrected chi connectivity index (χ0v) is 15.0. The molecule has 0 aliphatic heterocycles. The second-order valence-electron chi connectivity index (χ2n) is 4.70. The number of rotatable bonds is 5. The van der Waals surface area contributed by atoms with Crippen LogP contribution in [-0.4, -0.2) is 46.2 Å². The van der Waals surface area contributed by atoms with Gasteiger partial charge in [0, 0.05) is 38.6 Å². The average Bonchev–Trinajstić information content (AvgIpc) is 2.76. The maximum atomic E-state index is 12.0. The van der Waals surface area contributed by atoms with Gasteiger partial charge in [-0.2, -0.15) is 0 Å². The van der Waals surface area contributed by atoms with Gasteiger partial charge in [0.2, 0.25) is 15.5 Å². The summed E-state index contributed by atoms with van der Waals surface area (Å²) < 4.78 is 31.0. The highest BCUT2D eigenvalue weighted by Gasteiger charge is 2.15. The molecule has 9 heteroatoms. The first-order chi connectivity index (χ1) is 9.70. The lowest BCUT2D eigenvalue weighted by atomic mass is 10.4. The molecule has 0 unspecified atom stereocenters. The van der Waals surface area contributed by atoms with Crippen molar-refractivity contribution >= 4 is 53.5 Å². The van der Waals surface area contributed by atoms with E-state index in [1.807, 2.05) is 0 Å². The van der Waals surface area contributed by atoms with Gasteiger partial charge >= 0.3 is 0 Å². The molecule has 0 radical (unpaired) electrons. The molecule has 2 aromatic rings. The van der Waals surface area contributed by atoms with Crippen LogP contribution >= 0.6 is 27.3 Å². The molecule has 2 rings (SSSR count). The first kappa shape index (κ1) is 16.5. The predicted molar refractivity (Wildman–Crippen MR) is 88.8 cm³/mol. The SMILES string of the molecule is CN(CCN(C)S(C)(=O)=O)c1cc(=O)c2scc(Br)c2o1. The van der Waals surface area contributed by atoms with E-state index < -0.39 is 10.0 Å². The van der Waals surface area contributed by atoms with Crippen molar-refractivity contribution in [2.45, 2.75) is 0 Å². The Labute approximate surface area is 135 Å². The maximum Gasteiger partial charge on any atom is 0.211 e. The average molecular weight is 395 g/mol. The highest BCUT2D eigenvalue weighted by molar-refractivity contribution is 9.10. The molecule has 0 spiro atoms. The summed E-state index contributed by atoms with van der Waals surface area (Å²) in [6.07, 6.45) is 1.15. The zero-order chi connectivity index (χ0) is 15.8. The summed E-state index contributed by atoms with van der Waals surface area (Å²) >= 11 is 4.67. The molecule has 0 fully saturated rings. The molecule has 0 saturated carbocycles. The number of anilines is 1. The van der Waals surface area contributed by atoms with Crippen LogP contribution in [0.25, 0.3) is 10.3 Å². The number of likely N-dealkylation sites (N-methyl/N-ethyl adjacent to an activating group) is 2. The Morgan fingerprint density at radius 2 is 2.00 bits per heavy atom. The Balaban J connectivity index is 2.22. The number of halogens is 1. The van der Waals surface area contributed by atoms with E-state index in [9.17, 15) is 13.2 Å². The van der Waals surface area contributed by atoms with Crippen molar-refractivity contribution < 1.29 is 12.8 Å². The summed E-state index contributed by atoms with van der Waals surface area (Å²) in [4.78, 5) is 13.7. The lowest BCUT2D eigenvalue weighted by molar-refractivity contribution is 0.473. The van der Waals surface area contributed by atoms with E-state index in [0.717, 1.165) is 10.7 Å². The molecular weight excluding hydrogens is 380 g/mol. The van der Waals surface area contributed by atoms with Gasteiger partial charge in [-0.3, -0.25) is 4.79 Å². The van der Waals surface area contributed by atoms with E-state index in [1.54, 1.807) is 17.3 Å². The zero-order valence-electron chi connectivity index (χ0n) is 11.8. The lowest BCUT2D eigenvalue weighted by Crippen LogP contribution is -2.34. The van der Waals surface area contributed by atoms with Crippen LogP contribution in [0.4, 0.5) is 5.88 Å². The fraction of sp³-hybridized carbons (Fsp3) is 0.417. The minimum absolute atomic E-state index is 0.106. The minimum atomic E-state index is -3.21. The maximum absolute atomic E-state index is 12.0. The van der Waals surface area contributed by atoms with Crippen LogP contribution in [0.3, 0.4) is 0 Å². The van der Waals surface area contributed by atoms with Gasteiger partial charge in [0.1, 0.15) is 4.70 Å². The van der Waals surface area contributed by atoms with Crippen LogP contribution in [0.2, 0.25) is 0 Å². The summed E-state index contributed by atoms with van der Waals surface area (Å²) in [6.45, 7) is 0.724. The molecular formula is C12H15BrN2O4S2. The Hall–Kier alpha value is -0.900. The summed E-state index contributed by atoms with van der Waals surface area (Å²) in [6, 6.07) is 1.42. The van der Waals surface area contributed by atoms with Crippen molar-refractivity contribution in [3.05, 3.63) is 26.1 Å². The van der Waals surface area contributed by atoms with Gasteiger partial charge in [-0.1, -0.05) is 0 Å². The number of hydrogen-bond acceptors (Lipinski definition) is 6. The third-order valence-corrected chi connectivity index (χ3v) is 6.26. The van der Waals surface area contributed by atoms with Gasteiger partial charge in [0.15, 0.2) is 11.5 Å². The second-order valence-corrected chi connectivity index (χ2v) is 8.52. The molecule has 0 aromatic carbocycles. The van der Waals surface area contributed by atoms with E-state index in [2.05, 4.69) is 15.9 Å². The molecule has 21 heavy (non-hydrogen) atoms. The molecule has 0 atom stereocenters. The topological polar surface area (TPSA) is 70.8 Å². The van der Waals surface area contributed by atoms with Gasteiger partial charge in [0.05, 0.1) is 10.7 Å². The Bertz CT molecular complexity index is 812. The molecule has 6 nitrogen and oxygen atoms in total. The third-order valence-electron chi connectivity index (χ3n) is 3.08. The highest BCUT2D eigenvalue weighted by atomic mass is 79.9. The Morgan fingerprint density at radius 3 is 2.62 bits per heavy atom.